The lowest BCUT2D eigenvalue weighted by Crippen LogP contribution is -2.63. The van der Waals surface area contributed by atoms with Crippen LogP contribution in [0.1, 0.15) is 93.2 Å². The first-order valence-corrected chi connectivity index (χ1v) is 34.2. The summed E-state index contributed by atoms with van der Waals surface area (Å²) in [5, 5.41) is 286. The number of carbonyl (C=O) groups is 9. The van der Waals surface area contributed by atoms with E-state index >= 15 is 14.4 Å². The van der Waals surface area contributed by atoms with Gasteiger partial charge in [0.2, 0.25) is 64.1 Å². The molecule has 5 heterocycles. The van der Waals surface area contributed by atoms with Crippen molar-refractivity contribution in [1.29, 1.82) is 0 Å². The molecule has 5 aliphatic heterocycles. The average molecular weight is 1720 g/mol. The molecule has 0 amide bonds. The van der Waals surface area contributed by atoms with E-state index in [1.54, 1.807) is 0 Å². The average Bonchev–Trinajstić information content (AvgIpc) is 1.61. The summed E-state index contributed by atoms with van der Waals surface area (Å²) in [7, 11) is 0. The summed E-state index contributed by atoms with van der Waals surface area (Å²) in [5.74, 6) is -60.3. The zero-order valence-electron chi connectivity index (χ0n) is 60.2. The summed E-state index contributed by atoms with van der Waals surface area (Å²) in [6.45, 7) is -2.87. The van der Waals surface area contributed by atoms with E-state index in [-0.39, 0.29) is 18.2 Å². The van der Waals surface area contributed by atoms with Gasteiger partial charge in [-0.2, -0.15) is 0 Å². The van der Waals surface area contributed by atoms with Gasteiger partial charge in [0.1, 0.15) is 42.1 Å². The first kappa shape index (κ1) is 82.2. The van der Waals surface area contributed by atoms with Gasteiger partial charge in [0.25, 0.3) is 0 Å². The minimum absolute atomic E-state index is 0.123. The predicted octanol–water partition coefficient (Wildman–Crippen LogP) is 3.15. The van der Waals surface area contributed by atoms with Gasteiger partial charge >= 0.3 is 53.7 Å². The number of phenols is 25. The van der Waals surface area contributed by atoms with Crippen molar-refractivity contribution in [2.24, 2.45) is 0 Å². The molecule has 0 spiro atoms. The van der Waals surface area contributed by atoms with Crippen molar-refractivity contribution in [3.05, 3.63) is 123 Å². The fraction of sp³-hybridized carbons (Fsp3) is 0.160. The largest absolute Gasteiger partial charge is 0.504 e. The van der Waals surface area contributed by atoms with Gasteiger partial charge in [0.15, 0.2) is 152 Å². The molecule has 48 heteroatoms. The molecule has 48 nitrogen and oxygen atoms in total. The van der Waals surface area contributed by atoms with Crippen LogP contribution in [0.2, 0.25) is 0 Å². The minimum Gasteiger partial charge on any atom is -0.504 e. The van der Waals surface area contributed by atoms with Crippen molar-refractivity contribution in [3.8, 4) is 189 Å². The first-order chi connectivity index (χ1) is 58.0. The van der Waals surface area contributed by atoms with Gasteiger partial charge in [-0.15, -0.1) is 0 Å². The number of benzene rings is 9. The Hall–Kier alpha value is -17.3. The quantitative estimate of drug-likeness (QED) is 0.0590. The molecule has 10 atom stereocenters. The molecule has 4 bridgehead atoms. The number of aliphatic hydroxyl groups is 1. The molecule has 0 aliphatic carbocycles. The second-order valence-electron chi connectivity index (χ2n) is 26.7. The number of carbonyl (C=O) groups excluding carboxylic acids is 9. The molecule has 10 unspecified atom stereocenters. The smallest absolute Gasteiger partial charge is 0.342 e. The summed E-state index contributed by atoms with van der Waals surface area (Å²) in [6.07, 6.45) is -27.5. The number of hydrogen-bond acceptors (Lipinski definition) is 48. The standard InChI is InChI=1S/C75H52O48/c76-25-1-15(2-26(77)43(25)87)65(101)119-61-59-36(13-112-69(105)22-7-18(41(85)54(98)42(22)86)38-19(70(106)117-59)8-30(81)46(90)51(38)95)115-74(110)63(61)121-72(108)23-11-33(84)49(93)55(99)57(23)114-35-12-24-58(56(100)50(35)94)113-34-6-17(5-29(80)45(34)89)67(103)123-75-64(122-73(24)109)62(120-66(102)16-3-27(78)44(88)28(79)4-16)60-37(116-75)14-111-68(104)20-9-31(82)47(91)52(96)39(20)40-21(71(107)118-60)10-32(83)48(92)53(40)97/h1-12,36-37,59-64,74-100,110H,13-14H2. The van der Waals surface area contributed by atoms with Crippen LogP contribution in [0.15, 0.2) is 72.8 Å². The van der Waals surface area contributed by atoms with E-state index < -0.39 is 367 Å². The maximum atomic E-state index is 15.6. The summed E-state index contributed by atoms with van der Waals surface area (Å²) in [5.41, 5.74) is -15.4. The maximum absolute atomic E-state index is 15.6. The molecule has 2 saturated heterocycles. The lowest BCUT2D eigenvalue weighted by Gasteiger charge is -2.44. The second-order valence-corrected chi connectivity index (χ2v) is 26.7. The van der Waals surface area contributed by atoms with Gasteiger partial charge in [0.05, 0.1) is 33.4 Å². The summed E-state index contributed by atoms with van der Waals surface area (Å²) in [4.78, 5) is 132. The van der Waals surface area contributed by atoms with Crippen molar-refractivity contribution in [1.82, 2.24) is 0 Å². The third kappa shape index (κ3) is 14.0. The molecule has 14 rings (SSSR count). The van der Waals surface area contributed by atoms with Crippen LogP contribution in [0.5, 0.6) is 167 Å². The Kier molecular flexibility index (Phi) is 20.3. The Balaban J connectivity index is 0.891. The van der Waals surface area contributed by atoms with E-state index in [1.807, 2.05) is 0 Å². The van der Waals surface area contributed by atoms with E-state index in [0.717, 1.165) is 0 Å². The molecule has 9 aromatic carbocycles. The minimum atomic E-state index is -2.94. The number of phenolic OH excluding ortho intramolecular Hbond substituents is 25. The van der Waals surface area contributed by atoms with Crippen molar-refractivity contribution in [2.45, 2.75) is 61.4 Å². The van der Waals surface area contributed by atoms with Crippen LogP contribution in [0, 0.1) is 0 Å². The zero-order chi connectivity index (χ0) is 89.3. The van der Waals surface area contributed by atoms with Crippen molar-refractivity contribution in [2.75, 3.05) is 13.2 Å². The fourth-order valence-corrected chi connectivity index (χ4v) is 13.2. The van der Waals surface area contributed by atoms with E-state index in [9.17, 15) is 162 Å². The SMILES string of the molecule is O=C1OC2OC3COC(=O)c4cc(O)c(O)c(O)c4-c4c(cc(O)c(O)c4O)C(=O)OC3C(OC(=O)c3cc(O)c(O)c(O)c3)C2OC(=O)c2cc(Oc3c(C(=O)OC4C(O)OC5COC(=O)c6cc(c(O)c(O)c6O)-c6c(cc(O)c(O)c6O)C(=O)OC5C4OC(=O)c4cc(O)c(O)c(O)c4)cc(O)c(O)c3O)c(O)c(O)c2Oc2cc1cc(O)c2O. The Morgan fingerprint density at radius 1 is 0.317 bits per heavy atom. The van der Waals surface area contributed by atoms with Gasteiger partial charge in [-0.1, -0.05) is 0 Å². The summed E-state index contributed by atoms with van der Waals surface area (Å²) < 4.78 is 73.6. The van der Waals surface area contributed by atoms with E-state index in [2.05, 4.69) is 0 Å². The topological polar surface area (TPSA) is 800 Å². The number of aromatic hydroxyl groups is 25. The highest BCUT2D eigenvalue weighted by Gasteiger charge is 2.58. The third-order valence-corrected chi connectivity index (χ3v) is 19.2. The van der Waals surface area contributed by atoms with Crippen LogP contribution in [0.3, 0.4) is 0 Å². The molecule has 640 valence electrons. The third-order valence-electron chi connectivity index (χ3n) is 19.2. The molecule has 5 aliphatic rings. The number of aliphatic hydroxyl groups excluding tert-OH is 1. The molecular formula is C75H52O48. The van der Waals surface area contributed by atoms with Crippen molar-refractivity contribution < 1.29 is 237 Å². The molecule has 0 radical (unpaired) electrons. The molecule has 26 N–H and O–H groups in total. The number of cyclic esters (lactones) is 2. The lowest BCUT2D eigenvalue weighted by molar-refractivity contribution is -0.284. The molecule has 0 aromatic heterocycles. The number of fused-ring (bicyclic) bond motifs is 13. The summed E-state index contributed by atoms with van der Waals surface area (Å²) >= 11 is 0. The van der Waals surface area contributed by atoms with Gasteiger partial charge < -0.3 is 194 Å². The molecule has 2 fully saturated rings. The molecule has 123 heavy (non-hydrogen) atoms. The molecular weight excluding hydrogens is 1670 g/mol. The highest BCUT2D eigenvalue weighted by Crippen LogP contribution is 2.58. The number of rotatable bonds is 8. The number of esters is 9. The van der Waals surface area contributed by atoms with Crippen LogP contribution in [-0.2, 0) is 52.1 Å². The lowest BCUT2D eigenvalue weighted by atomic mass is 9.92. The van der Waals surface area contributed by atoms with Gasteiger partial charge in [0, 0.05) is 34.4 Å². The monoisotopic (exact) mass is 1720 g/mol. The maximum Gasteiger partial charge on any atom is 0.342 e. The summed E-state index contributed by atoms with van der Waals surface area (Å²) in [6, 6.07) is 4.33. The fourth-order valence-electron chi connectivity index (χ4n) is 13.2. The Bertz CT molecular complexity index is 6100. The second kappa shape index (κ2) is 30.3. The zero-order valence-corrected chi connectivity index (χ0v) is 60.2. The Morgan fingerprint density at radius 3 is 1.28 bits per heavy atom. The molecule has 9 aromatic rings. The van der Waals surface area contributed by atoms with Gasteiger partial charge in [-0.05, 0) is 60.7 Å². The number of ether oxygens (including phenoxy) is 13. The van der Waals surface area contributed by atoms with Crippen molar-refractivity contribution in [3.63, 3.8) is 0 Å². The Morgan fingerprint density at radius 2 is 0.740 bits per heavy atom. The Labute approximate surface area is 675 Å². The predicted molar refractivity (Wildman–Crippen MR) is 378 cm³/mol. The van der Waals surface area contributed by atoms with Crippen LogP contribution in [0.4, 0.5) is 0 Å². The van der Waals surface area contributed by atoms with Crippen LogP contribution < -0.4 is 9.47 Å². The first-order valence-electron chi connectivity index (χ1n) is 34.2. The van der Waals surface area contributed by atoms with Crippen LogP contribution in [0.25, 0.3) is 22.3 Å². The van der Waals surface area contributed by atoms with E-state index in [1.165, 1.54) is 0 Å². The normalized spacial score (nSPS) is 20.4. The van der Waals surface area contributed by atoms with Gasteiger partial charge in [-0.25, -0.2) is 43.2 Å². The van der Waals surface area contributed by atoms with Crippen LogP contribution >= 0.6 is 0 Å². The van der Waals surface area contributed by atoms with E-state index in [0.29, 0.717) is 54.6 Å². The van der Waals surface area contributed by atoms with Crippen molar-refractivity contribution >= 4 is 53.7 Å². The van der Waals surface area contributed by atoms with Gasteiger partial charge in [-0.3, -0.25) is 0 Å². The number of hydrogen-bond donors (Lipinski definition) is 26. The highest BCUT2D eigenvalue weighted by molar-refractivity contribution is 6.09. The molecule has 0 saturated carbocycles. The highest BCUT2D eigenvalue weighted by atomic mass is 16.8. The van der Waals surface area contributed by atoms with E-state index in [4.69, 9.17) is 61.6 Å². The van der Waals surface area contributed by atoms with Crippen LogP contribution in [-0.4, -0.2) is 261 Å².